The average Bonchev–Trinajstić information content (AvgIpc) is 2.36. The quantitative estimate of drug-likeness (QED) is 0.902. The van der Waals surface area contributed by atoms with Crippen LogP contribution in [0.15, 0.2) is 41.2 Å². The summed E-state index contributed by atoms with van der Waals surface area (Å²) in [5, 5.41) is 3.24. The number of benzene rings is 1. The Kier molecular flexibility index (Phi) is 3.17. The number of hydrogen-bond acceptors (Lipinski definition) is 3. The standard InChI is InChI=1S/C15H17N3O/c1-11-7-14(19)18(10-12-8-16-9-12)15(17-11)13-5-3-2-4-6-13/h2-7,12,16H,8-10H2,1H3. The molecule has 4 heteroatoms. The average molecular weight is 255 g/mol. The number of nitrogens with one attached hydrogen (secondary N) is 1. The fraction of sp³-hybridized carbons (Fsp3) is 0.333. The molecule has 1 aliphatic heterocycles. The molecule has 1 aliphatic rings. The van der Waals surface area contributed by atoms with Crippen molar-refractivity contribution in [2.75, 3.05) is 13.1 Å². The van der Waals surface area contributed by atoms with E-state index in [9.17, 15) is 4.79 Å². The van der Waals surface area contributed by atoms with Gasteiger partial charge in [0.2, 0.25) is 0 Å². The lowest BCUT2D eigenvalue weighted by Crippen LogP contribution is -2.45. The maximum Gasteiger partial charge on any atom is 0.253 e. The Bertz CT molecular complexity index is 630. The summed E-state index contributed by atoms with van der Waals surface area (Å²) in [6.07, 6.45) is 0. The van der Waals surface area contributed by atoms with E-state index >= 15 is 0 Å². The Hall–Kier alpha value is -1.94. The largest absolute Gasteiger partial charge is 0.316 e. The van der Waals surface area contributed by atoms with Crippen LogP contribution in [0.4, 0.5) is 0 Å². The number of nitrogens with zero attached hydrogens (tertiary/aromatic N) is 2. The van der Waals surface area contributed by atoms with Crippen LogP contribution in [0.2, 0.25) is 0 Å². The van der Waals surface area contributed by atoms with E-state index in [4.69, 9.17) is 0 Å². The molecule has 1 fully saturated rings. The predicted molar refractivity (Wildman–Crippen MR) is 75.0 cm³/mol. The van der Waals surface area contributed by atoms with E-state index in [0.717, 1.165) is 36.7 Å². The van der Waals surface area contributed by atoms with Gasteiger partial charge in [0.15, 0.2) is 0 Å². The first-order chi connectivity index (χ1) is 9.24. The molecule has 0 radical (unpaired) electrons. The van der Waals surface area contributed by atoms with Gasteiger partial charge in [-0.1, -0.05) is 30.3 Å². The zero-order valence-electron chi connectivity index (χ0n) is 11.0. The summed E-state index contributed by atoms with van der Waals surface area (Å²) in [7, 11) is 0. The number of aromatic nitrogens is 2. The van der Waals surface area contributed by atoms with Crippen molar-refractivity contribution in [3.8, 4) is 11.4 Å². The van der Waals surface area contributed by atoms with Crippen molar-refractivity contribution in [3.05, 3.63) is 52.4 Å². The highest BCUT2D eigenvalue weighted by atomic mass is 16.1. The first-order valence-corrected chi connectivity index (χ1v) is 6.58. The molecule has 1 aromatic heterocycles. The van der Waals surface area contributed by atoms with Gasteiger partial charge in [-0.15, -0.1) is 0 Å². The molecule has 1 N–H and O–H groups in total. The van der Waals surface area contributed by atoms with Crippen molar-refractivity contribution in [2.24, 2.45) is 5.92 Å². The number of hydrogen-bond donors (Lipinski definition) is 1. The smallest absolute Gasteiger partial charge is 0.253 e. The van der Waals surface area contributed by atoms with E-state index in [1.54, 1.807) is 10.6 Å². The SMILES string of the molecule is Cc1cc(=O)n(CC2CNC2)c(-c2ccccc2)n1. The maximum atomic E-state index is 12.2. The van der Waals surface area contributed by atoms with Gasteiger partial charge in [0.25, 0.3) is 5.56 Å². The summed E-state index contributed by atoms with van der Waals surface area (Å²) in [6.45, 7) is 4.56. The van der Waals surface area contributed by atoms with Crippen molar-refractivity contribution >= 4 is 0 Å². The molecule has 2 heterocycles. The van der Waals surface area contributed by atoms with E-state index in [0.29, 0.717) is 5.92 Å². The van der Waals surface area contributed by atoms with Gasteiger partial charge in [-0.3, -0.25) is 9.36 Å². The third-order valence-electron chi connectivity index (χ3n) is 3.48. The highest BCUT2D eigenvalue weighted by Gasteiger charge is 2.20. The zero-order chi connectivity index (χ0) is 13.2. The Morgan fingerprint density at radius 2 is 2.05 bits per heavy atom. The first kappa shape index (κ1) is 12.1. The summed E-state index contributed by atoms with van der Waals surface area (Å²) in [4.78, 5) is 16.8. The number of rotatable bonds is 3. The lowest BCUT2D eigenvalue weighted by atomic mass is 10.0. The first-order valence-electron chi connectivity index (χ1n) is 6.58. The van der Waals surface area contributed by atoms with E-state index in [1.807, 2.05) is 37.3 Å². The molecule has 3 rings (SSSR count). The van der Waals surface area contributed by atoms with Crippen LogP contribution < -0.4 is 10.9 Å². The molecule has 0 spiro atoms. The van der Waals surface area contributed by atoms with Gasteiger partial charge < -0.3 is 5.32 Å². The molecule has 98 valence electrons. The second-order valence-electron chi connectivity index (χ2n) is 5.06. The second-order valence-corrected chi connectivity index (χ2v) is 5.06. The molecule has 0 saturated carbocycles. The topological polar surface area (TPSA) is 46.9 Å². The summed E-state index contributed by atoms with van der Waals surface area (Å²) in [5.41, 5.74) is 1.81. The fourth-order valence-electron chi connectivity index (χ4n) is 2.34. The van der Waals surface area contributed by atoms with Crippen molar-refractivity contribution in [2.45, 2.75) is 13.5 Å². The van der Waals surface area contributed by atoms with Crippen LogP contribution in [-0.4, -0.2) is 22.6 Å². The molecule has 2 aromatic rings. The molecular formula is C15H17N3O. The normalized spacial score (nSPS) is 15.2. The summed E-state index contributed by atoms with van der Waals surface area (Å²) < 4.78 is 1.80. The van der Waals surface area contributed by atoms with Crippen LogP contribution in [0.5, 0.6) is 0 Å². The van der Waals surface area contributed by atoms with Gasteiger partial charge in [0.1, 0.15) is 5.82 Å². The van der Waals surface area contributed by atoms with Gasteiger partial charge in [0.05, 0.1) is 0 Å². The van der Waals surface area contributed by atoms with Crippen LogP contribution >= 0.6 is 0 Å². The van der Waals surface area contributed by atoms with Crippen molar-refractivity contribution in [1.29, 1.82) is 0 Å². The Morgan fingerprint density at radius 1 is 1.32 bits per heavy atom. The molecule has 1 saturated heterocycles. The van der Waals surface area contributed by atoms with Crippen molar-refractivity contribution < 1.29 is 0 Å². The fourth-order valence-corrected chi connectivity index (χ4v) is 2.34. The van der Waals surface area contributed by atoms with E-state index in [1.165, 1.54) is 0 Å². The molecule has 19 heavy (non-hydrogen) atoms. The van der Waals surface area contributed by atoms with Gasteiger partial charge in [-0.05, 0) is 6.92 Å². The van der Waals surface area contributed by atoms with Gasteiger partial charge in [-0.25, -0.2) is 4.98 Å². The Morgan fingerprint density at radius 3 is 2.68 bits per heavy atom. The van der Waals surface area contributed by atoms with Gasteiger partial charge >= 0.3 is 0 Å². The maximum absolute atomic E-state index is 12.2. The summed E-state index contributed by atoms with van der Waals surface area (Å²) in [5.74, 6) is 1.31. The molecule has 0 atom stereocenters. The molecule has 0 aliphatic carbocycles. The lowest BCUT2D eigenvalue weighted by Gasteiger charge is -2.28. The minimum atomic E-state index is 0.0400. The van der Waals surface area contributed by atoms with E-state index in [-0.39, 0.29) is 5.56 Å². The third kappa shape index (κ3) is 2.44. The van der Waals surface area contributed by atoms with E-state index in [2.05, 4.69) is 10.3 Å². The van der Waals surface area contributed by atoms with Crippen molar-refractivity contribution in [3.63, 3.8) is 0 Å². The molecular weight excluding hydrogens is 238 g/mol. The third-order valence-corrected chi connectivity index (χ3v) is 3.48. The summed E-state index contributed by atoms with van der Waals surface area (Å²) in [6, 6.07) is 11.5. The predicted octanol–water partition coefficient (Wildman–Crippen LogP) is 1.44. The lowest BCUT2D eigenvalue weighted by molar-refractivity contribution is 0.303. The van der Waals surface area contributed by atoms with Crippen LogP contribution in [0.1, 0.15) is 5.69 Å². The minimum absolute atomic E-state index is 0.0400. The second kappa shape index (κ2) is 4.97. The van der Waals surface area contributed by atoms with Crippen LogP contribution in [-0.2, 0) is 6.54 Å². The van der Waals surface area contributed by atoms with E-state index < -0.39 is 0 Å². The molecule has 0 bridgehead atoms. The Labute approximate surface area is 112 Å². The van der Waals surface area contributed by atoms with Gasteiger partial charge in [-0.2, -0.15) is 0 Å². The highest BCUT2D eigenvalue weighted by molar-refractivity contribution is 5.55. The zero-order valence-corrected chi connectivity index (χ0v) is 11.0. The minimum Gasteiger partial charge on any atom is -0.316 e. The number of aryl methyl sites for hydroxylation is 1. The molecule has 1 aromatic carbocycles. The van der Waals surface area contributed by atoms with Gasteiger partial charge in [0, 0.05) is 42.9 Å². The monoisotopic (exact) mass is 255 g/mol. The summed E-state index contributed by atoms with van der Waals surface area (Å²) >= 11 is 0. The van der Waals surface area contributed by atoms with Crippen LogP contribution in [0, 0.1) is 12.8 Å². The highest BCUT2D eigenvalue weighted by Crippen LogP contribution is 2.17. The molecule has 0 unspecified atom stereocenters. The van der Waals surface area contributed by atoms with Crippen LogP contribution in [0.25, 0.3) is 11.4 Å². The molecule has 0 amide bonds. The molecule has 4 nitrogen and oxygen atoms in total. The Balaban J connectivity index is 2.08. The van der Waals surface area contributed by atoms with Crippen LogP contribution in [0.3, 0.4) is 0 Å². The van der Waals surface area contributed by atoms with Crippen molar-refractivity contribution in [1.82, 2.24) is 14.9 Å².